The number of halogens is 3. The van der Waals surface area contributed by atoms with Crippen LogP contribution < -0.4 is 5.32 Å². The molecule has 4 aromatic rings. The lowest BCUT2D eigenvalue weighted by atomic mass is 10.1. The predicted molar refractivity (Wildman–Crippen MR) is 106 cm³/mol. The van der Waals surface area contributed by atoms with Gasteiger partial charge in [0, 0.05) is 29.6 Å². The first-order valence-corrected chi connectivity index (χ1v) is 8.96. The van der Waals surface area contributed by atoms with E-state index in [1.165, 1.54) is 0 Å². The first-order chi connectivity index (χ1) is 14.4. The standard InChI is InChI=1S/C22H15F3N4O/c23-22(24,25)17-8-6-16(7-9-17)21(30)27-20-14-19(15-10-12-26-13-11-15)28-29(20)18-4-2-1-3-5-18/h1-14H,(H,27,30). The Morgan fingerprint density at radius 1 is 0.900 bits per heavy atom. The number of rotatable bonds is 4. The maximum Gasteiger partial charge on any atom is 0.416 e. The van der Waals surface area contributed by atoms with Crippen LogP contribution in [-0.4, -0.2) is 20.7 Å². The molecule has 0 radical (unpaired) electrons. The maximum atomic E-state index is 12.8. The SMILES string of the molecule is O=C(Nc1cc(-c2ccncc2)nn1-c1ccccc1)c1ccc(C(F)(F)F)cc1. The molecule has 0 atom stereocenters. The Morgan fingerprint density at radius 2 is 1.57 bits per heavy atom. The number of carbonyl (C=O) groups excluding carboxylic acids is 1. The van der Waals surface area contributed by atoms with Gasteiger partial charge in [0.15, 0.2) is 0 Å². The van der Waals surface area contributed by atoms with Crippen LogP contribution in [-0.2, 0) is 6.18 Å². The van der Waals surface area contributed by atoms with E-state index in [2.05, 4.69) is 15.4 Å². The minimum Gasteiger partial charge on any atom is -0.306 e. The predicted octanol–water partition coefficient (Wildman–Crippen LogP) is 5.21. The molecule has 0 saturated carbocycles. The molecule has 0 aliphatic heterocycles. The molecule has 2 heterocycles. The van der Waals surface area contributed by atoms with Crippen molar-refractivity contribution >= 4 is 11.7 Å². The highest BCUT2D eigenvalue weighted by Crippen LogP contribution is 2.29. The summed E-state index contributed by atoms with van der Waals surface area (Å²) in [6.45, 7) is 0. The van der Waals surface area contributed by atoms with Crippen LogP contribution in [0.1, 0.15) is 15.9 Å². The lowest BCUT2D eigenvalue weighted by Crippen LogP contribution is -2.15. The van der Waals surface area contributed by atoms with Crippen LogP contribution in [0.15, 0.2) is 85.2 Å². The number of benzene rings is 2. The molecule has 0 unspecified atom stereocenters. The molecule has 0 aliphatic carbocycles. The highest BCUT2D eigenvalue weighted by atomic mass is 19.4. The van der Waals surface area contributed by atoms with Crippen LogP contribution in [0.4, 0.5) is 19.0 Å². The number of hydrogen-bond donors (Lipinski definition) is 1. The van der Waals surface area contributed by atoms with Crippen molar-refractivity contribution in [3.8, 4) is 16.9 Å². The molecule has 2 aromatic carbocycles. The Bertz CT molecular complexity index is 1150. The fourth-order valence-electron chi connectivity index (χ4n) is 2.90. The normalized spacial score (nSPS) is 11.3. The van der Waals surface area contributed by atoms with E-state index >= 15 is 0 Å². The Morgan fingerprint density at radius 3 is 2.20 bits per heavy atom. The fourth-order valence-corrected chi connectivity index (χ4v) is 2.90. The zero-order chi connectivity index (χ0) is 21.1. The minimum atomic E-state index is -4.46. The van der Waals surface area contributed by atoms with Gasteiger partial charge in [-0.2, -0.15) is 18.3 Å². The van der Waals surface area contributed by atoms with Gasteiger partial charge in [0.2, 0.25) is 0 Å². The van der Waals surface area contributed by atoms with Crippen molar-refractivity contribution in [2.24, 2.45) is 0 Å². The summed E-state index contributed by atoms with van der Waals surface area (Å²) in [4.78, 5) is 16.6. The second kappa shape index (κ2) is 7.82. The van der Waals surface area contributed by atoms with Gasteiger partial charge in [-0.1, -0.05) is 18.2 Å². The number of nitrogens with one attached hydrogen (secondary N) is 1. The van der Waals surface area contributed by atoms with Gasteiger partial charge in [-0.15, -0.1) is 0 Å². The number of aromatic nitrogens is 3. The average molecular weight is 408 g/mol. The van der Waals surface area contributed by atoms with Gasteiger partial charge in [0.05, 0.1) is 16.9 Å². The Kier molecular flexibility index (Phi) is 5.05. The van der Waals surface area contributed by atoms with Crippen LogP contribution in [0.3, 0.4) is 0 Å². The molecular formula is C22H15F3N4O. The van der Waals surface area contributed by atoms with Crippen molar-refractivity contribution in [1.82, 2.24) is 14.8 Å². The molecule has 4 rings (SSSR count). The van der Waals surface area contributed by atoms with E-state index in [4.69, 9.17) is 0 Å². The number of pyridine rings is 1. The van der Waals surface area contributed by atoms with Crippen LogP contribution in [0.2, 0.25) is 0 Å². The van der Waals surface area contributed by atoms with Gasteiger partial charge < -0.3 is 5.32 Å². The maximum absolute atomic E-state index is 12.8. The molecule has 150 valence electrons. The Hall–Kier alpha value is -3.94. The summed E-state index contributed by atoms with van der Waals surface area (Å²) in [5.41, 5.74) is 1.44. The van der Waals surface area contributed by atoms with Crippen molar-refractivity contribution in [3.63, 3.8) is 0 Å². The second-order valence-corrected chi connectivity index (χ2v) is 6.43. The van der Waals surface area contributed by atoms with Crippen molar-refractivity contribution in [2.75, 3.05) is 5.32 Å². The number of anilines is 1. The van der Waals surface area contributed by atoms with E-state index in [1.807, 2.05) is 30.3 Å². The first-order valence-electron chi connectivity index (χ1n) is 8.96. The number of amides is 1. The molecular weight excluding hydrogens is 393 g/mol. The van der Waals surface area contributed by atoms with Crippen LogP contribution in [0.5, 0.6) is 0 Å². The fraction of sp³-hybridized carbons (Fsp3) is 0.0455. The molecule has 0 saturated heterocycles. The number of alkyl halides is 3. The molecule has 8 heteroatoms. The van der Waals surface area contributed by atoms with Gasteiger partial charge in [-0.3, -0.25) is 9.78 Å². The van der Waals surface area contributed by atoms with E-state index < -0.39 is 17.6 Å². The van der Waals surface area contributed by atoms with Crippen molar-refractivity contribution in [1.29, 1.82) is 0 Å². The summed E-state index contributed by atoms with van der Waals surface area (Å²) >= 11 is 0. The van der Waals surface area contributed by atoms with Gasteiger partial charge >= 0.3 is 6.18 Å². The number of nitrogens with zero attached hydrogens (tertiary/aromatic N) is 3. The number of para-hydroxylation sites is 1. The molecule has 0 fully saturated rings. The van der Waals surface area contributed by atoms with Crippen LogP contribution in [0, 0.1) is 0 Å². The summed E-state index contributed by atoms with van der Waals surface area (Å²) in [6.07, 6.45) is -1.19. The molecule has 5 nitrogen and oxygen atoms in total. The Labute approximate surface area is 169 Å². The topological polar surface area (TPSA) is 59.8 Å². The number of hydrogen-bond acceptors (Lipinski definition) is 3. The highest BCUT2D eigenvalue weighted by molar-refractivity contribution is 6.04. The second-order valence-electron chi connectivity index (χ2n) is 6.43. The summed E-state index contributed by atoms with van der Waals surface area (Å²) in [6, 6.07) is 18.5. The quantitative estimate of drug-likeness (QED) is 0.505. The summed E-state index contributed by atoms with van der Waals surface area (Å²) in [5.74, 6) is -0.153. The van der Waals surface area contributed by atoms with Gasteiger partial charge in [-0.05, 0) is 48.5 Å². The van der Waals surface area contributed by atoms with E-state index in [9.17, 15) is 18.0 Å². The minimum absolute atomic E-state index is 0.106. The van der Waals surface area contributed by atoms with E-state index in [0.717, 1.165) is 35.5 Å². The smallest absolute Gasteiger partial charge is 0.306 e. The summed E-state index contributed by atoms with van der Waals surface area (Å²) in [5, 5.41) is 7.31. The molecule has 0 aliphatic rings. The van der Waals surface area contributed by atoms with Gasteiger partial charge in [0.25, 0.3) is 5.91 Å². The van der Waals surface area contributed by atoms with E-state index in [-0.39, 0.29) is 5.56 Å². The van der Waals surface area contributed by atoms with E-state index in [0.29, 0.717) is 11.5 Å². The van der Waals surface area contributed by atoms with Gasteiger partial charge in [-0.25, -0.2) is 4.68 Å². The van der Waals surface area contributed by atoms with Crippen molar-refractivity contribution in [3.05, 3.63) is 96.3 Å². The van der Waals surface area contributed by atoms with Crippen LogP contribution in [0.25, 0.3) is 16.9 Å². The number of carbonyl (C=O) groups is 1. The van der Waals surface area contributed by atoms with Crippen molar-refractivity contribution in [2.45, 2.75) is 6.18 Å². The highest BCUT2D eigenvalue weighted by Gasteiger charge is 2.30. The molecule has 2 aromatic heterocycles. The first kappa shape index (κ1) is 19.4. The molecule has 1 amide bonds. The van der Waals surface area contributed by atoms with Crippen LogP contribution >= 0.6 is 0 Å². The third-order valence-corrected chi connectivity index (χ3v) is 4.40. The molecule has 0 bridgehead atoms. The lowest BCUT2D eigenvalue weighted by molar-refractivity contribution is -0.137. The monoisotopic (exact) mass is 408 g/mol. The largest absolute Gasteiger partial charge is 0.416 e. The zero-order valence-electron chi connectivity index (χ0n) is 15.5. The zero-order valence-corrected chi connectivity index (χ0v) is 15.5. The van der Waals surface area contributed by atoms with E-state index in [1.54, 1.807) is 35.3 Å². The molecule has 1 N–H and O–H groups in total. The molecule has 0 spiro atoms. The van der Waals surface area contributed by atoms with Crippen molar-refractivity contribution < 1.29 is 18.0 Å². The van der Waals surface area contributed by atoms with Gasteiger partial charge in [0.1, 0.15) is 5.82 Å². The third kappa shape index (κ3) is 4.07. The summed E-state index contributed by atoms with van der Waals surface area (Å²) < 4.78 is 39.8. The summed E-state index contributed by atoms with van der Waals surface area (Å²) in [7, 11) is 0. The lowest BCUT2D eigenvalue weighted by Gasteiger charge is -2.10. The average Bonchev–Trinajstić information content (AvgIpc) is 3.18. The Balaban J connectivity index is 1.67. The molecule has 30 heavy (non-hydrogen) atoms. The third-order valence-electron chi connectivity index (χ3n) is 4.40.